The second kappa shape index (κ2) is 7.04. The highest BCUT2D eigenvalue weighted by Crippen LogP contribution is 2.24. The Kier molecular flexibility index (Phi) is 5.37. The zero-order valence-corrected chi connectivity index (χ0v) is 12.3. The van der Waals surface area contributed by atoms with Crippen LogP contribution < -0.4 is 0 Å². The van der Waals surface area contributed by atoms with E-state index in [2.05, 4.69) is 4.90 Å². The Hall–Kier alpha value is -1.14. The highest BCUT2D eigenvalue weighted by Gasteiger charge is 2.29. The van der Waals surface area contributed by atoms with E-state index in [9.17, 15) is 9.59 Å². The Morgan fingerprint density at radius 3 is 2.20 bits per heavy atom. The van der Waals surface area contributed by atoms with Crippen LogP contribution in [0.4, 0.5) is 0 Å². The molecule has 0 unspecified atom stereocenters. The molecule has 1 aliphatic carbocycles. The van der Waals surface area contributed by atoms with Gasteiger partial charge in [-0.25, -0.2) is 0 Å². The van der Waals surface area contributed by atoms with Crippen LogP contribution in [0.15, 0.2) is 0 Å². The molecule has 20 heavy (non-hydrogen) atoms. The fourth-order valence-corrected chi connectivity index (χ4v) is 2.82. The molecule has 0 aromatic heterocycles. The Labute approximate surface area is 120 Å². The number of hydrogen-bond acceptors (Lipinski definition) is 4. The fourth-order valence-electron chi connectivity index (χ4n) is 2.82. The van der Waals surface area contributed by atoms with Crippen LogP contribution in [0.1, 0.15) is 26.2 Å². The summed E-state index contributed by atoms with van der Waals surface area (Å²) in [5.41, 5.74) is 0. The lowest BCUT2D eigenvalue weighted by Gasteiger charge is -2.39. The summed E-state index contributed by atoms with van der Waals surface area (Å²) in [4.78, 5) is 29.3. The smallest absolute Gasteiger partial charge is 0.236 e. The predicted octanol–water partition coefficient (Wildman–Crippen LogP) is -0.476. The molecule has 114 valence electrons. The number of carbonyl (C=O) groups is 2. The summed E-state index contributed by atoms with van der Waals surface area (Å²) >= 11 is 0. The van der Waals surface area contributed by atoms with Crippen molar-refractivity contribution in [3.63, 3.8) is 0 Å². The van der Waals surface area contributed by atoms with Gasteiger partial charge in [0, 0.05) is 45.7 Å². The number of aliphatic hydroxyl groups is 1. The maximum absolute atomic E-state index is 12.3. The number of piperazine rings is 1. The van der Waals surface area contributed by atoms with Crippen LogP contribution in [0.25, 0.3) is 0 Å². The van der Waals surface area contributed by atoms with E-state index in [1.165, 1.54) is 6.42 Å². The summed E-state index contributed by atoms with van der Waals surface area (Å²) in [6, 6.07) is 0.463. The summed E-state index contributed by atoms with van der Waals surface area (Å²) in [5, 5.41) is 9.11. The zero-order chi connectivity index (χ0) is 14.5. The average molecular weight is 283 g/mol. The number of carbonyl (C=O) groups excluding carboxylic acids is 2. The third-order valence-electron chi connectivity index (χ3n) is 4.39. The van der Waals surface area contributed by atoms with Gasteiger partial charge in [0.15, 0.2) is 0 Å². The van der Waals surface area contributed by atoms with Crippen molar-refractivity contribution in [3.05, 3.63) is 0 Å². The van der Waals surface area contributed by atoms with Crippen LogP contribution in [0.2, 0.25) is 0 Å². The topological polar surface area (TPSA) is 64.1 Å². The number of rotatable bonds is 5. The van der Waals surface area contributed by atoms with E-state index in [1.807, 2.05) is 4.90 Å². The monoisotopic (exact) mass is 283 g/mol. The molecule has 6 heteroatoms. The van der Waals surface area contributed by atoms with Crippen LogP contribution in [-0.4, -0.2) is 83.5 Å². The summed E-state index contributed by atoms with van der Waals surface area (Å²) in [5.74, 6) is 0.196. The Morgan fingerprint density at radius 2 is 1.75 bits per heavy atom. The highest BCUT2D eigenvalue weighted by molar-refractivity contribution is 5.79. The molecule has 1 saturated heterocycles. The van der Waals surface area contributed by atoms with Gasteiger partial charge in [-0.3, -0.25) is 14.5 Å². The molecule has 1 N–H and O–H groups in total. The van der Waals surface area contributed by atoms with E-state index in [-0.39, 0.29) is 18.4 Å². The summed E-state index contributed by atoms with van der Waals surface area (Å²) < 4.78 is 0. The van der Waals surface area contributed by atoms with Crippen molar-refractivity contribution in [3.8, 4) is 0 Å². The van der Waals surface area contributed by atoms with Gasteiger partial charge in [-0.1, -0.05) is 6.42 Å². The minimum atomic E-state index is 0.0773. The lowest BCUT2D eigenvalue weighted by Crippen LogP contribution is -2.54. The lowest BCUT2D eigenvalue weighted by molar-refractivity contribution is -0.140. The molecule has 1 heterocycles. The van der Waals surface area contributed by atoms with Gasteiger partial charge in [0.1, 0.15) is 0 Å². The lowest BCUT2D eigenvalue weighted by atomic mass is 9.91. The van der Waals surface area contributed by atoms with Gasteiger partial charge < -0.3 is 14.9 Å². The summed E-state index contributed by atoms with van der Waals surface area (Å²) in [7, 11) is 0. The van der Waals surface area contributed by atoms with Crippen LogP contribution in [-0.2, 0) is 9.59 Å². The van der Waals surface area contributed by atoms with Crippen LogP contribution >= 0.6 is 0 Å². The number of nitrogens with zero attached hydrogens (tertiary/aromatic N) is 3. The fraction of sp³-hybridized carbons (Fsp3) is 0.857. The van der Waals surface area contributed by atoms with E-state index in [4.69, 9.17) is 5.11 Å². The molecule has 0 atom stereocenters. The molecule has 0 aromatic carbocycles. The van der Waals surface area contributed by atoms with Crippen molar-refractivity contribution in [2.24, 2.45) is 0 Å². The molecule has 6 nitrogen and oxygen atoms in total. The maximum atomic E-state index is 12.3. The molecular weight excluding hydrogens is 258 g/mol. The number of aliphatic hydroxyl groups excluding tert-OH is 1. The Morgan fingerprint density at radius 1 is 1.15 bits per heavy atom. The molecule has 0 radical (unpaired) electrons. The number of hydrogen-bond donors (Lipinski definition) is 1. The first kappa shape index (κ1) is 15.3. The van der Waals surface area contributed by atoms with E-state index in [0.717, 1.165) is 12.8 Å². The maximum Gasteiger partial charge on any atom is 0.236 e. The quantitative estimate of drug-likeness (QED) is 0.740. The Balaban J connectivity index is 1.80. The van der Waals surface area contributed by atoms with E-state index >= 15 is 0 Å². The summed E-state index contributed by atoms with van der Waals surface area (Å²) in [6.07, 6.45) is 3.48. The first-order chi connectivity index (χ1) is 9.61. The van der Waals surface area contributed by atoms with Gasteiger partial charge in [-0.15, -0.1) is 0 Å². The Bertz CT molecular complexity index is 350. The minimum absolute atomic E-state index is 0.0773. The zero-order valence-electron chi connectivity index (χ0n) is 12.3. The molecule has 1 saturated carbocycles. The predicted molar refractivity (Wildman–Crippen MR) is 75.1 cm³/mol. The molecule has 0 bridgehead atoms. The standard InChI is InChI=1S/C14H25N3O3/c1-12(19)15-5-7-16(8-6-15)14(20)11-17(9-10-18)13-3-2-4-13/h13,18H,2-11H2,1H3. The first-order valence-corrected chi connectivity index (χ1v) is 7.50. The molecule has 2 fully saturated rings. The van der Waals surface area contributed by atoms with Crippen molar-refractivity contribution in [2.75, 3.05) is 45.9 Å². The van der Waals surface area contributed by atoms with E-state index in [1.54, 1.807) is 11.8 Å². The van der Waals surface area contributed by atoms with Crippen LogP contribution in [0.5, 0.6) is 0 Å². The third-order valence-corrected chi connectivity index (χ3v) is 4.39. The minimum Gasteiger partial charge on any atom is -0.395 e. The van der Waals surface area contributed by atoms with Crippen molar-refractivity contribution in [1.82, 2.24) is 14.7 Å². The SMILES string of the molecule is CC(=O)N1CCN(C(=O)CN(CCO)C2CCC2)CC1. The van der Waals surface area contributed by atoms with Gasteiger partial charge in [-0.2, -0.15) is 0 Å². The number of amides is 2. The molecule has 1 aliphatic heterocycles. The van der Waals surface area contributed by atoms with Crippen molar-refractivity contribution < 1.29 is 14.7 Å². The largest absolute Gasteiger partial charge is 0.395 e. The highest BCUT2D eigenvalue weighted by atomic mass is 16.3. The van der Waals surface area contributed by atoms with Gasteiger partial charge in [0.25, 0.3) is 0 Å². The molecule has 2 aliphatic rings. The molecule has 0 spiro atoms. The van der Waals surface area contributed by atoms with Crippen molar-refractivity contribution in [2.45, 2.75) is 32.2 Å². The van der Waals surface area contributed by atoms with Crippen molar-refractivity contribution >= 4 is 11.8 Å². The van der Waals surface area contributed by atoms with Gasteiger partial charge in [0.2, 0.25) is 11.8 Å². The molecular formula is C14H25N3O3. The molecule has 0 aromatic rings. The molecule has 2 rings (SSSR count). The second-order valence-corrected chi connectivity index (χ2v) is 5.67. The van der Waals surface area contributed by atoms with Gasteiger partial charge in [0.05, 0.1) is 13.2 Å². The normalized spacial score (nSPS) is 20.1. The summed E-state index contributed by atoms with van der Waals surface area (Å²) in [6.45, 7) is 5.13. The first-order valence-electron chi connectivity index (χ1n) is 7.50. The van der Waals surface area contributed by atoms with Crippen LogP contribution in [0, 0.1) is 0 Å². The van der Waals surface area contributed by atoms with E-state index < -0.39 is 0 Å². The third kappa shape index (κ3) is 3.70. The van der Waals surface area contributed by atoms with E-state index in [0.29, 0.717) is 45.3 Å². The van der Waals surface area contributed by atoms with Crippen LogP contribution in [0.3, 0.4) is 0 Å². The second-order valence-electron chi connectivity index (χ2n) is 5.67. The molecule has 2 amide bonds. The van der Waals surface area contributed by atoms with Gasteiger partial charge >= 0.3 is 0 Å². The van der Waals surface area contributed by atoms with Crippen molar-refractivity contribution in [1.29, 1.82) is 0 Å². The van der Waals surface area contributed by atoms with Gasteiger partial charge in [-0.05, 0) is 12.8 Å². The average Bonchev–Trinajstić information content (AvgIpc) is 2.37.